The summed E-state index contributed by atoms with van der Waals surface area (Å²) in [4.78, 5) is 27.4. The maximum atomic E-state index is 14.3. The third kappa shape index (κ3) is 6.29. The molecule has 5 nitrogen and oxygen atoms in total. The Labute approximate surface area is 183 Å². The molecule has 31 heavy (non-hydrogen) atoms. The van der Waals surface area contributed by atoms with Gasteiger partial charge in [0.05, 0.1) is 0 Å². The largest absolute Gasteiger partial charge is 0.484 e. The van der Waals surface area contributed by atoms with Gasteiger partial charge in [-0.1, -0.05) is 55.7 Å². The molecular weight excluding hydrogens is 395 g/mol. The number of nitrogens with one attached hydrogen (secondary N) is 1. The number of rotatable bonds is 8. The van der Waals surface area contributed by atoms with E-state index in [0.717, 1.165) is 31.2 Å². The SMILES string of the molecule is Cc1ccccc1OCC(=O)N(Cc1ccccc1F)[C@H](C)C(=O)NC1CCCCC1. The molecule has 0 radical (unpaired) electrons. The molecule has 6 heteroatoms. The molecule has 1 N–H and O–H groups in total. The number of hydrogen-bond acceptors (Lipinski definition) is 3. The van der Waals surface area contributed by atoms with Gasteiger partial charge in [0, 0.05) is 18.2 Å². The Kier molecular flexibility index (Phi) is 8.04. The number of halogens is 1. The molecule has 0 bridgehead atoms. The van der Waals surface area contributed by atoms with Gasteiger partial charge in [-0.3, -0.25) is 9.59 Å². The first-order valence-electron chi connectivity index (χ1n) is 11.0. The molecule has 3 rings (SSSR count). The fraction of sp³-hybridized carbons (Fsp3) is 0.440. The van der Waals surface area contributed by atoms with E-state index in [0.29, 0.717) is 11.3 Å². The van der Waals surface area contributed by atoms with Gasteiger partial charge in [-0.2, -0.15) is 0 Å². The fourth-order valence-corrected chi connectivity index (χ4v) is 3.90. The van der Waals surface area contributed by atoms with Crippen LogP contribution in [0.15, 0.2) is 48.5 Å². The predicted molar refractivity (Wildman–Crippen MR) is 118 cm³/mol. The molecule has 2 amide bonds. The molecule has 2 aromatic carbocycles. The zero-order chi connectivity index (χ0) is 22.2. The first-order chi connectivity index (χ1) is 15.0. The Morgan fingerprint density at radius 3 is 2.48 bits per heavy atom. The lowest BCUT2D eigenvalue weighted by Gasteiger charge is -2.31. The van der Waals surface area contributed by atoms with Crippen molar-refractivity contribution in [3.63, 3.8) is 0 Å². The lowest BCUT2D eigenvalue weighted by Crippen LogP contribution is -2.51. The van der Waals surface area contributed by atoms with Crippen LogP contribution in [0.5, 0.6) is 5.75 Å². The van der Waals surface area contributed by atoms with Crippen LogP contribution in [0.1, 0.15) is 50.2 Å². The van der Waals surface area contributed by atoms with Gasteiger partial charge >= 0.3 is 0 Å². The van der Waals surface area contributed by atoms with Gasteiger partial charge in [0.25, 0.3) is 5.91 Å². The van der Waals surface area contributed by atoms with Gasteiger partial charge in [0.15, 0.2) is 6.61 Å². The van der Waals surface area contributed by atoms with Gasteiger partial charge in [0.1, 0.15) is 17.6 Å². The second kappa shape index (κ2) is 10.9. The number of nitrogens with zero attached hydrogens (tertiary/aromatic N) is 1. The number of aryl methyl sites for hydroxylation is 1. The first-order valence-corrected chi connectivity index (χ1v) is 11.0. The van der Waals surface area contributed by atoms with Crippen LogP contribution < -0.4 is 10.1 Å². The van der Waals surface area contributed by atoms with Crippen molar-refractivity contribution < 1.29 is 18.7 Å². The number of amides is 2. The van der Waals surface area contributed by atoms with Crippen molar-refractivity contribution in [3.8, 4) is 5.75 Å². The Hall–Kier alpha value is -2.89. The summed E-state index contributed by atoms with van der Waals surface area (Å²) in [6.45, 7) is 3.37. The van der Waals surface area contributed by atoms with Crippen molar-refractivity contribution in [2.24, 2.45) is 0 Å². The average molecular weight is 427 g/mol. The van der Waals surface area contributed by atoms with Gasteiger partial charge in [0.2, 0.25) is 5.91 Å². The molecule has 1 aliphatic carbocycles. The van der Waals surface area contributed by atoms with Crippen molar-refractivity contribution >= 4 is 11.8 Å². The molecule has 1 saturated carbocycles. The summed E-state index contributed by atoms with van der Waals surface area (Å²) in [7, 11) is 0. The molecule has 1 aliphatic rings. The summed E-state index contributed by atoms with van der Waals surface area (Å²) in [5, 5.41) is 3.07. The van der Waals surface area contributed by atoms with E-state index in [-0.39, 0.29) is 31.0 Å². The predicted octanol–water partition coefficient (Wildman–Crippen LogP) is 4.38. The van der Waals surface area contributed by atoms with E-state index in [1.54, 1.807) is 31.2 Å². The van der Waals surface area contributed by atoms with Crippen LogP contribution in [0.2, 0.25) is 0 Å². The highest BCUT2D eigenvalue weighted by molar-refractivity contribution is 5.88. The fourth-order valence-electron chi connectivity index (χ4n) is 3.90. The van der Waals surface area contributed by atoms with Gasteiger partial charge in [-0.15, -0.1) is 0 Å². The number of hydrogen-bond donors (Lipinski definition) is 1. The Morgan fingerprint density at radius 2 is 1.77 bits per heavy atom. The van der Waals surface area contributed by atoms with Crippen LogP contribution in [0.25, 0.3) is 0 Å². The van der Waals surface area contributed by atoms with Gasteiger partial charge in [-0.05, 0) is 44.4 Å². The summed E-state index contributed by atoms with van der Waals surface area (Å²) in [5.41, 5.74) is 1.28. The molecule has 0 aliphatic heterocycles. The number of benzene rings is 2. The lowest BCUT2D eigenvalue weighted by molar-refractivity contribution is -0.142. The van der Waals surface area contributed by atoms with Crippen LogP contribution in [-0.4, -0.2) is 35.4 Å². The van der Waals surface area contributed by atoms with E-state index in [1.807, 2.05) is 25.1 Å². The van der Waals surface area contributed by atoms with Crippen molar-refractivity contribution in [2.45, 2.75) is 64.6 Å². The van der Waals surface area contributed by atoms with E-state index in [4.69, 9.17) is 4.74 Å². The minimum atomic E-state index is -0.741. The van der Waals surface area contributed by atoms with Crippen LogP contribution in [0.3, 0.4) is 0 Å². The molecule has 0 saturated heterocycles. The maximum Gasteiger partial charge on any atom is 0.261 e. The highest BCUT2D eigenvalue weighted by Gasteiger charge is 2.29. The molecule has 0 aromatic heterocycles. The van der Waals surface area contributed by atoms with Crippen LogP contribution >= 0.6 is 0 Å². The highest BCUT2D eigenvalue weighted by atomic mass is 19.1. The normalized spacial score (nSPS) is 15.2. The van der Waals surface area contributed by atoms with Crippen molar-refractivity contribution in [1.29, 1.82) is 0 Å². The summed E-state index contributed by atoms with van der Waals surface area (Å²) >= 11 is 0. The quantitative estimate of drug-likeness (QED) is 0.682. The summed E-state index contributed by atoms with van der Waals surface area (Å²) in [6, 6.07) is 13.1. The van der Waals surface area contributed by atoms with Crippen molar-refractivity contribution in [2.75, 3.05) is 6.61 Å². The van der Waals surface area contributed by atoms with E-state index in [2.05, 4.69) is 5.32 Å². The Balaban J connectivity index is 1.72. The van der Waals surface area contributed by atoms with E-state index >= 15 is 0 Å². The molecule has 0 heterocycles. The number of carbonyl (C=O) groups excluding carboxylic acids is 2. The minimum absolute atomic E-state index is 0.00188. The van der Waals surface area contributed by atoms with Crippen molar-refractivity contribution in [3.05, 3.63) is 65.5 Å². The minimum Gasteiger partial charge on any atom is -0.484 e. The molecule has 0 unspecified atom stereocenters. The average Bonchev–Trinajstić information content (AvgIpc) is 2.78. The lowest BCUT2D eigenvalue weighted by atomic mass is 9.95. The smallest absolute Gasteiger partial charge is 0.261 e. The van der Waals surface area contributed by atoms with Gasteiger partial charge in [-0.25, -0.2) is 4.39 Å². The Morgan fingerprint density at radius 1 is 1.10 bits per heavy atom. The molecule has 1 fully saturated rings. The highest BCUT2D eigenvalue weighted by Crippen LogP contribution is 2.20. The van der Waals surface area contributed by atoms with Crippen LogP contribution in [0.4, 0.5) is 4.39 Å². The molecular formula is C25H31FN2O3. The van der Waals surface area contributed by atoms with Crippen molar-refractivity contribution in [1.82, 2.24) is 10.2 Å². The molecule has 1 atom stereocenters. The standard InChI is InChI=1S/C25H31FN2O3/c1-18-10-6-9-15-23(18)31-17-24(29)28(16-20-11-7-8-14-22(20)26)19(2)25(30)27-21-12-4-3-5-13-21/h6-11,14-15,19,21H,3-5,12-13,16-17H2,1-2H3,(H,27,30)/t19-/m1/s1. The molecule has 166 valence electrons. The molecule has 0 spiro atoms. The second-order valence-corrected chi connectivity index (χ2v) is 8.19. The zero-order valence-electron chi connectivity index (χ0n) is 18.3. The third-order valence-corrected chi connectivity index (χ3v) is 5.86. The zero-order valence-corrected chi connectivity index (χ0v) is 18.3. The number of carbonyl (C=O) groups is 2. The number of ether oxygens (including phenoxy) is 1. The van der Waals surface area contributed by atoms with Crippen LogP contribution in [-0.2, 0) is 16.1 Å². The van der Waals surface area contributed by atoms with E-state index in [9.17, 15) is 14.0 Å². The third-order valence-electron chi connectivity index (χ3n) is 5.86. The van der Waals surface area contributed by atoms with E-state index in [1.165, 1.54) is 17.4 Å². The summed E-state index contributed by atoms with van der Waals surface area (Å²) in [6.07, 6.45) is 5.30. The maximum absolute atomic E-state index is 14.3. The second-order valence-electron chi connectivity index (χ2n) is 8.19. The number of para-hydroxylation sites is 1. The van der Waals surface area contributed by atoms with Crippen LogP contribution in [0, 0.1) is 12.7 Å². The molecule has 2 aromatic rings. The summed E-state index contributed by atoms with van der Waals surface area (Å²) in [5.74, 6) is -0.369. The first kappa shape index (κ1) is 22.8. The monoisotopic (exact) mass is 426 g/mol. The topological polar surface area (TPSA) is 58.6 Å². The van der Waals surface area contributed by atoms with E-state index < -0.39 is 11.9 Å². The van der Waals surface area contributed by atoms with Gasteiger partial charge < -0.3 is 15.0 Å². The Bertz CT molecular complexity index is 896. The summed E-state index contributed by atoms with van der Waals surface area (Å²) < 4.78 is 20.0.